The first-order valence-electron chi connectivity index (χ1n) is 3.66. The summed E-state index contributed by atoms with van der Waals surface area (Å²) in [7, 11) is -0.0446. The molecule has 0 aliphatic carbocycles. The summed E-state index contributed by atoms with van der Waals surface area (Å²) in [4.78, 5) is 10.8. The van der Waals surface area contributed by atoms with Crippen molar-refractivity contribution in [3.05, 3.63) is 23.9 Å². The molecular weight excluding hydrogens is 156 g/mol. The predicted molar refractivity (Wildman–Crippen MR) is 49.3 cm³/mol. The van der Waals surface area contributed by atoms with Gasteiger partial charge in [0.05, 0.1) is 0 Å². The fourth-order valence-electron chi connectivity index (χ4n) is 0.482. The molecule has 0 rings (SSSR count). The maximum atomic E-state index is 10.8. The van der Waals surface area contributed by atoms with Gasteiger partial charge in [0.1, 0.15) is 6.61 Å². The van der Waals surface area contributed by atoms with Crippen molar-refractivity contribution in [3.63, 3.8) is 0 Å². The first kappa shape index (κ1) is 10.2. The zero-order valence-corrected chi connectivity index (χ0v) is 8.51. The Balaban J connectivity index is 3.47. The summed E-state index contributed by atoms with van der Waals surface area (Å²) in [6, 6.07) is 0. The van der Waals surface area contributed by atoms with Crippen LogP contribution < -0.4 is 0 Å². The molecule has 0 N–H and O–H groups in total. The van der Waals surface area contributed by atoms with E-state index >= 15 is 0 Å². The number of rotatable bonds is 4. The lowest BCUT2D eigenvalue weighted by molar-refractivity contribution is -0.137. The molecule has 0 fully saturated rings. The van der Waals surface area contributed by atoms with Gasteiger partial charge in [-0.2, -0.15) is 0 Å². The summed E-state index contributed by atoms with van der Waals surface area (Å²) in [5, 5.41) is 0. The Kier molecular flexibility index (Phi) is 5.47. The predicted octanol–water partition coefficient (Wildman–Crippen LogP) is 0.836. The molecule has 0 aliphatic rings. The van der Waals surface area contributed by atoms with Crippen molar-refractivity contribution in [1.29, 1.82) is 0 Å². The van der Waals surface area contributed by atoms with Gasteiger partial charge >= 0.3 is 5.97 Å². The molecule has 0 saturated carbocycles. The lowest BCUT2D eigenvalue weighted by atomic mass is 10.4. The Labute approximate surface area is 69.8 Å². The Morgan fingerprint density at radius 2 is 2.36 bits per heavy atom. The van der Waals surface area contributed by atoms with E-state index in [-0.39, 0.29) is 15.5 Å². The van der Waals surface area contributed by atoms with Crippen molar-refractivity contribution >= 4 is 15.5 Å². The molecule has 0 aromatic heterocycles. The van der Waals surface area contributed by atoms with E-state index in [1.165, 1.54) is 0 Å². The molecule has 3 heteroatoms. The van der Waals surface area contributed by atoms with E-state index in [0.29, 0.717) is 12.2 Å². The molecule has 0 atom stereocenters. The first-order chi connectivity index (χ1) is 5.18. The Morgan fingerprint density at radius 1 is 1.73 bits per heavy atom. The topological polar surface area (TPSA) is 26.3 Å². The van der Waals surface area contributed by atoms with Gasteiger partial charge in [0.25, 0.3) is 0 Å². The van der Waals surface area contributed by atoms with Gasteiger partial charge in [0.15, 0.2) is 0 Å². The van der Waals surface area contributed by atoms with Crippen LogP contribution in [0.2, 0.25) is 6.55 Å². The monoisotopic (exact) mass is 170 g/mol. The van der Waals surface area contributed by atoms with Crippen LogP contribution >= 0.6 is 0 Å². The minimum atomic E-state index is -0.313. The fraction of sp³-hybridized carbons (Fsp3) is 0.375. The number of hydrogen-bond donors (Lipinski definition) is 0. The molecule has 0 aliphatic heterocycles. The van der Waals surface area contributed by atoms with Crippen LogP contribution in [0.3, 0.4) is 0 Å². The van der Waals surface area contributed by atoms with Crippen LogP contribution in [0.4, 0.5) is 0 Å². The molecule has 0 bridgehead atoms. The molecule has 0 aromatic carbocycles. The molecule has 2 nitrogen and oxygen atoms in total. The maximum absolute atomic E-state index is 10.8. The van der Waals surface area contributed by atoms with Gasteiger partial charge in [-0.1, -0.05) is 19.2 Å². The van der Waals surface area contributed by atoms with Gasteiger partial charge in [0.2, 0.25) is 0 Å². The fourth-order valence-corrected chi connectivity index (χ4v) is 0.951. The third-order valence-corrected chi connectivity index (χ3v) is 1.87. The molecule has 0 unspecified atom stereocenters. The number of esters is 1. The van der Waals surface area contributed by atoms with E-state index in [2.05, 4.69) is 18.8 Å². The molecule has 0 radical (unpaired) electrons. The van der Waals surface area contributed by atoms with Gasteiger partial charge in [0, 0.05) is 15.1 Å². The highest BCUT2D eigenvalue weighted by Gasteiger charge is 1.99. The lowest BCUT2D eigenvalue weighted by Gasteiger charge is -1.98. The summed E-state index contributed by atoms with van der Waals surface area (Å²) >= 11 is 0. The summed E-state index contributed by atoms with van der Waals surface area (Å²) in [5.74, 6) is -0.313. The van der Waals surface area contributed by atoms with Gasteiger partial charge in [-0.3, -0.25) is 0 Å². The second-order valence-electron chi connectivity index (χ2n) is 2.26. The minimum absolute atomic E-state index is 0.0446. The number of hydrogen-bond acceptors (Lipinski definition) is 2. The number of carbonyl (C=O) groups is 1. The molecule has 0 saturated heterocycles. The largest absolute Gasteiger partial charge is 0.458 e. The molecule has 62 valence electrons. The lowest BCUT2D eigenvalue weighted by Crippen LogP contribution is -2.04. The quantitative estimate of drug-likeness (QED) is 0.355. The maximum Gasteiger partial charge on any atom is 0.333 e. The van der Waals surface area contributed by atoms with Crippen LogP contribution in [0.25, 0.3) is 0 Å². The van der Waals surface area contributed by atoms with Crippen LogP contribution in [0.15, 0.2) is 23.9 Å². The van der Waals surface area contributed by atoms with Crippen LogP contribution in [-0.4, -0.2) is 22.1 Å². The Hall–Kier alpha value is -0.833. The van der Waals surface area contributed by atoms with E-state index < -0.39 is 0 Å². The smallest absolute Gasteiger partial charge is 0.333 e. The third kappa shape index (κ3) is 5.60. The molecular formula is C8H14O2Si. The second kappa shape index (κ2) is 5.92. The van der Waals surface area contributed by atoms with E-state index in [0.717, 1.165) is 0 Å². The van der Waals surface area contributed by atoms with Crippen molar-refractivity contribution in [2.75, 3.05) is 6.61 Å². The minimum Gasteiger partial charge on any atom is -0.458 e. The summed E-state index contributed by atoms with van der Waals surface area (Å²) in [6.45, 7) is 7.65. The molecule has 0 spiro atoms. The standard InChI is InChI=1S/C8H14O2Si/c1-7(2)8(9)10-5-4-6-11-3/h4,6H,1,5,11H2,2-3H3. The van der Waals surface area contributed by atoms with Crippen molar-refractivity contribution in [1.82, 2.24) is 0 Å². The third-order valence-electron chi connectivity index (χ3n) is 1.06. The summed E-state index contributed by atoms with van der Waals surface area (Å²) in [6.07, 6.45) is 1.88. The van der Waals surface area contributed by atoms with Gasteiger partial charge in [-0.15, -0.1) is 5.70 Å². The van der Waals surface area contributed by atoms with E-state index in [1.807, 2.05) is 6.08 Å². The first-order valence-corrected chi connectivity index (χ1v) is 5.89. The second-order valence-corrected chi connectivity index (χ2v) is 3.55. The molecule has 0 aromatic rings. The van der Waals surface area contributed by atoms with E-state index in [4.69, 9.17) is 4.74 Å². The molecule has 11 heavy (non-hydrogen) atoms. The van der Waals surface area contributed by atoms with Crippen molar-refractivity contribution in [2.45, 2.75) is 13.5 Å². The van der Waals surface area contributed by atoms with Crippen LogP contribution in [-0.2, 0) is 9.53 Å². The zero-order chi connectivity index (χ0) is 8.69. The van der Waals surface area contributed by atoms with Crippen LogP contribution in [0.1, 0.15) is 6.92 Å². The van der Waals surface area contributed by atoms with Gasteiger partial charge < -0.3 is 4.74 Å². The summed E-state index contributed by atoms with van der Waals surface area (Å²) < 4.78 is 4.80. The van der Waals surface area contributed by atoms with Gasteiger partial charge in [-0.05, 0) is 6.92 Å². The average Bonchev–Trinajstić information content (AvgIpc) is 1.97. The Bertz CT molecular complexity index is 173. The number of ether oxygens (including phenoxy) is 1. The Morgan fingerprint density at radius 3 is 2.82 bits per heavy atom. The van der Waals surface area contributed by atoms with E-state index in [9.17, 15) is 4.79 Å². The van der Waals surface area contributed by atoms with Crippen molar-refractivity contribution < 1.29 is 9.53 Å². The van der Waals surface area contributed by atoms with Crippen LogP contribution in [0.5, 0.6) is 0 Å². The van der Waals surface area contributed by atoms with E-state index in [1.54, 1.807) is 6.92 Å². The summed E-state index contributed by atoms with van der Waals surface area (Å²) in [5.41, 5.74) is 2.54. The average molecular weight is 170 g/mol. The van der Waals surface area contributed by atoms with Gasteiger partial charge in [-0.25, -0.2) is 4.79 Å². The number of carbonyl (C=O) groups excluding carboxylic acids is 1. The zero-order valence-electron chi connectivity index (χ0n) is 7.09. The SMILES string of the molecule is C=C(C)C(=O)OCC=C[SiH2]C. The van der Waals surface area contributed by atoms with Crippen LogP contribution in [0, 0.1) is 0 Å². The highest BCUT2D eigenvalue weighted by Crippen LogP contribution is 1.91. The van der Waals surface area contributed by atoms with Crippen molar-refractivity contribution in [3.8, 4) is 0 Å². The normalized spacial score (nSPS) is 11.1. The highest BCUT2D eigenvalue weighted by atomic mass is 28.2. The highest BCUT2D eigenvalue weighted by molar-refractivity contribution is 6.40. The van der Waals surface area contributed by atoms with Crippen molar-refractivity contribution in [2.24, 2.45) is 0 Å². The molecule has 0 heterocycles. The molecule has 0 amide bonds.